The molecule has 0 aliphatic rings. The second-order valence-electron chi connectivity index (χ2n) is 27.9. The van der Waals surface area contributed by atoms with Gasteiger partial charge in [-0.25, -0.2) is 39.3 Å². The van der Waals surface area contributed by atoms with Gasteiger partial charge in [-0.2, -0.15) is 0 Å². The summed E-state index contributed by atoms with van der Waals surface area (Å²) in [5, 5.41) is 18.7. The number of carbonyl (C=O) groups excluding carboxylic acids is 8. The number of carbonyl (C=O) groups is 8. The molecule has 2 heterocycles. The number of alkyl carbamates (subject to hydrolysis) is 2. The van der Waals surface area contributed by atoms with Crippen molar-refractivity contribution in [2.75, 3.05) is 151 Å². The van der Waals surface area contributed by atoms with E-state index < -0.39 is 24.0 Å². The number of ether oxygens (including phenoxy) is 7. The van der Waals surface area contributed by atoms with Crippen molar-refractivity contribution in [1.82, 2.24) is 55.9 Å². The second-order valence-corrected chi connectivity index (χ2v) is 29.7. The molecule has 0 radical (unpaired) electrons. The maximum absolute atomic E-state index is 12.2. The SMILES string of the molecule is C.C.C.C.CCO.CCOC(=O)COc1ccc(CCCCNC(=O)OCc2ccccc2)cc1.CN(C)C(=O)COc1ccc(CCCCN)cc1.CN(C)C(=O)COc1ccc(CCCCN=C(N)NC(=O)c2nc(Cl)c(N)nc2N)cc1.CN(C)C(=O)COc1ccc(CCCCNC(=O)OCc2ccccc2)cc1.CNC.CSC(C)=NC(=O)c1nc(Cl)c(N)nc1N.Cl. The number of aliphatic hydroxyl groups excluding tert-OH is 1. The Balaban J connectivity index is -0.000000776. The van der Waals surface area contributed by atoms with Gasteiger partial charge in [-0.1, -0.05) is 162 Å². The summed E-state index contributed by atoms with van der Waals surface area (Å²) in [5.41, 5.74) is 39.6. The fraction of sp³-hybridized carbons (Fsp3) is 0.426. The molecule has 8 rings (SSSR count). The predicted octanol–water partition coefficient (Wildman–Crippen LogP) is 13.6. The van der Waals surface area contributed by atoms with E-state index in [1.165, 1.54) is 43.2 Å². The molecule has 35 nitrogen and oxygen atoms in total. The van der Waals surface area contributed by atoms with Crippen LogP contribution in [0.25, 0.3) is 0 Å². The number of aliphatic hydroxyl groups is 1. The number of anilines is 4. The largest absolute Gasteiger partial charge is 0.484 e. The Hall–Kier alpha value is -12.3. The molecule has 6 aromatic carbocycles. The Labute approximate surface area is 806 Å². The van der Waals surface area contributed by atoms with Crippen LogP contribution in [-0.4, -0.2) is 227 Å². The number of unbranched alkanes of at least 4 members (excludes halogenated alkanes) is 4. The summed E-state index contributed by atoms with van der Waals surface area (Å²) in [5.74, 6) is 0.483. The Morgan fingerprint density at radius 2 is 0.782 bits per heavy atom. The van der Waals surface area contributed by atoms with Gasteiger partial charge in [0.25, 0.3) is 29.5 Å². The molecule has 0 fully saturated rings. The number of guanidine groups is 1. The number of halogens is 3. The zero-order valence-electron chi connectivity index (χ0n) is 75.6. The van der Waals surface area contributed by atoms with Crippen LogP contribution < -0.4 is 74.6 Å². The molecule has 0 aliphatic carbocycles. The molecule has 0 spiro atoms. The van der Waals surface area contributed by atoms with Gasteiger partial charge in [0.2, 0.25) is 0 Å². The molecule has 0 unspecified atom stereocenters. The van der Waals surface area contributed by atoms with E-state index in [2.05, 4.69) is 51.2 Å². The van der Waals surface area contributed by atoms with E-state index in [4.69, 9.17) is 95.9 Å². The number of hydrogen-bond donors (Lipinski definition) is 11. The van der Waals surface area contributed by atoms with Crippen LogP contribution in [0, 0.1) is 0 Å². The standard InChI is InChI=1S/C22H28N2O4.C22H27NO5.C20H27ClN8O3.C14H22N2O2.C8H10ClN5OS.C2H7N.C2H6O.4CH4.ClH/c1-24(2)21(25)17-27-20-13-11-18(12-14-20)8-6-7-15-23-22(26)28-16-19-9-4-3-5-10-19;1-2-26-21(24)17-27-20-13-11-18(12-14-20)8-6-7-15-23-22(25)28-16-19-9-4-3-5-10-19;1-29(2)14(30)11-32-13-8-6-12(7-9-13)5-3-4-10-25-20(24)28-19(31)15-17(22)27-18(23)16(21)26-15;1-16(2)14(17)11-18-13-8-6-12(7-9-13)5-3-4-10-15;1-3(16-2)12-8(15)4-6(10)14-7(11)5(9)13-4;1-3-2;1-2-3;;;;;/h3-5,9-14H,6-8,15-17H2,1-2H3,(H,23,26);3-5,9-14H,2,6-8,15-17H2,1H3,(H,23,25);6-9H,3-5,10-11H2,1-2H3,(H4,22,23,27)(H3,24,25,28,31);6-9H,3-5,10-11,15H2,1-2H3;1-2H3,(H4,10,11,14);3H,1-2H3;3H,2H2,1H3;4*1H4;1H. The highest BCUT2D eigenvalue weighted by Crippen LogP contribution is 2.22. The molecule has 7 amide bonds. The molecule has 0 aliphatic heterocycles. The summed E-state index contributed by atoms with van der Waals surface area (Å²) in [6, 6.07) is 50.0. The normalized spacial score (nSPS) is 10.0. The van der Waals surface area contributed by atoms with Gasteiger partial charge in [-0.05, 0) is 207 Å². The minimum absolute atomic E-state index is 0. The van der Waals surface area contributed by atoms with Gasteiger partial charge in [0.1, 0.15) is 36.2 Å². The third kappa shape index (κ3) is 58.9. The highest BCUT2D eigenvalue weighted by molar-refractivity contribution is 8.13. The highest BCUT2D eigenvalue weighted by Gasteiger charge is 2.19. The van der Waals surface area contributed by atoms with E-state index in [1.54, 1.807) is 69.3 Å². The topological polar surface area (TPSA) is 512 Å². The predicted molar refractivity (Wildman–Crippen MR) is 539 cm³/mol. The van der Waals surface area contributed by atoms with Crippen molar-refractivity contribution in [2.24, 2.45) is 21.5 Å². The summed E-state index contributed by atoms with van der Waals surface area (Å²) in [4.78, 5) is 120. The first-order valence-corrected chi connectivity index (χ1v) is 43.1. The fourth-order valence-corrected chi connectivity index (χ4v) is 10.2. The molecule has 0 bridgehead atoms. The molecule has 8 aromatic rings. The molecule has 0 saturated heterocycles. The first kappa shape index (κ1) is 127. The molecule has 2 aromatic heterocycles. The van der Waals surface area contributed by atoms with Gasteiger partial charge in [-0.15, -0.1) is 24.2 Å². The van der Waals surface area contributed by atoms with E-state index in [-0.39, 0.29) is 163 Å². The van der Waals surface area contributed by atoms with Crippen LogP contribution in [0.5, 0.6) is 23.0 Å². The number of nitrogens with one attached hydrogen (secondary N) is 4. The van der Waals surface area contributed by atoms with Crippen molar-refractivity contribution < 1.29 is 76.6 Å². The second kappa shape index (κ2) is 76.3. The lowest BCUT2D eigenvalue weighted by molar-refractivity contribution is -0.145. The summed E-state index contributed by atoms with van der Waals surface area (Å²) < 4.78 is 36.8. The molecular weight excluding hydrogens is 1790 g/mol. The number of benzene rings is 6. The number of likely N-dealkylation sites (N-methyl/N-ethyl adjacent to an activating group) is 3. The number of thioether (sulfide) groups is 1. The van der Waals surface area contributed by atoms with E-state index >= 15 is 0 Å². The molecule has 39 heteroatoms. The van der Waals surface area contributed by atoms with Crippen LogP contribution in [0.2, 0.25) is 10.3 Å². The number of aryl methyl sites for hydroxylation is 4. The third-order valence-electron chi connectivity index (χ3n) is 16.8. The summed E-state index contributed by atoms with van der Waals surface area (Å²) in [6.07, 6.45) is 12.1. The van der Waals surface area contributed by atoms with Crippen LogP contribution in [0.1, 0.15) is 156 Å². The first-order chi connectivity index (χ1) is 61.3. The number of aromatic nitrogens is 4. The van der Waals surface area contributed by atoms with Gasteiger partial charge in [0.15, 0.2) is 77.4 Å². The minimum Gasteiger partial charge on any atom is -0.484 e. The smallest absolute Gasteiger partial charge is 0.407 e. The molecular formula is C94H144Cl3N19O16S. The lowest BCUT2D eigenvalue weighted by Gasteiger charge is -2.11. The third-order valence-corrected chi connectivity index (χ3v) is 18.0. The minimum atomic E-state index is -0.673. The average Bonchev–Trinajstić information content (AvgIpc) is 0.837. The van der Waals surface area contributed by atoms with E-state index in [0.717, 1.165) is 106 Å². The number of nitrogens with two attached hydrogens (primary N) is 6. The van der Waals surface area contributed by atoms with Gasteiger partial charge in [0, 0.05) is 68.5 Å². The molecule has 738 valence electrons. The zero-order chi connectivity index (χ0) is 95.0. The van der Waals surface area contributed by atoms with Crippen molar-refractivity contribution in [3.63, 3.8) is 0 Å². The molecule has 133 heavy (non-hydrogen) atoms. The summed E-state index contributed by atoms with van der Waals surface area (Å²) >= 11 is 12.7. The summed E-state index contributed by atoms with van der Waals surface area (Å²) in [6.45, 7) is 8.68. The number of hydrogen-bond acceptors (Lipinski definition) is 28. The first-order valence-electron chi connectivity index (χ1n) is 41.1. The van der Waals surface area contributed by atoms with E-state index in [0.29, 0.717) is 48.5 Å². The van der Waals surface area contributed by atoms with Crippen LogP contribution in [0.4, 0.5) is 32.9 Å². The zero-order valence-corrected chi connectivity index (χ0v) is 78.8. The van der Waals surface area contributed by atoms with Crippen LogP contribution in [0.3, 0.4) is 0 Å². The van der Waals surface area contributed by atoms with Crippen LogP contribution in [0.15, 0.2) is 168 Å². The lowest BCUT2D eigenvalue weighted by Crippen LogP contribution is -2.38. The Morgan fingerprint density at radius 1 is 0.459 bits per heavy atom. The Kier molecular flexibility index (Phi) is 72.8. The highest BCUT2D eigenvalue weighted by atomic mass is 35.5. The Morgan fingerprint density at radius 3 is 1.11 bits per heavy atom. The van der Waals surface area contributed by atoms with Gasteiger partial charge < -0.3 is 103 Å². The molecule has 0 saturated carbocycles. The molecule has 17 N–H and O–H groups in total. The maximum atomic E-state index is 12.2. The van der Waals surface area contributed by atoms with E-state index in [1.807, 2.05) is 172 Å². The van der Waals surface area contributed by atoms with Crippen molar-refractivity contribution in [3.05, 3.63) is 213 Å². The summed E-state index contributed by atoms with van der Waals surface area (Å²) in [7, 11) is 13.9. The van der Waals surface area contributed by atoms with Gasteiger partial charge in [0.05, 0.1) is 11.7 Å². The maximum Gasteiger partial charge on any atom is 0.407 e. The number of nitrogen functional groups attached to an aromatic ring is 4. The average molecular weight is 1930 g/mol. The van der Waals surface area contributed by atoms with Gasteiger partial charge in [-0.3, -0.25) is 34.3 Å². The van der Waals surface area contributed by atoms with Crippen LogP contribution >= 0.6 is 47.4 Å². The van der Waals surface area contributed by atoms with Crippen molar-refractivity contribution >= 4 is 129 Å². The fourth-order valence-electron chi connectivity index (χ4n) is 9.79. The number of aliphatic imine (C=N–C) groups is 2. The van der Waals surface area contributed by atoms with Crippen LogP contribution in [-0.2, 0) is 72.3 Å². The lowest BCUT2D eigenvalue weighted by atomic mass is 10.1. The van der Waals surface area contributed by atoms with E-state index in [9.17, 15) is 38.4 Å². The quantitative estimate of drug-likeness (QED) is 0.00563. The van der Waals surface area contributed by atoms with Gasteiger partial charge >= 0.3 is 18.2 Å². The monoisotopic (exact) mass is 1930 g/mol. The number of rotatable bonds is 38. The van der Waals surface area contributed by atoms with Crippen molar-refractivity contribution in [3.8, 4) is 23.0 Å². The van der Waals surface area contributed by atoms with Crippen molar-refractivity contribution in [1.29, 1.82) is 0 Å². The number of nitrogens with zero attached hydrogens (tertiary/aromatic N) is 9. The number of amides is 7. The van der Waals surface area contributed by atoms with Crippen molar-refractivity contribution in [2.45, 2.75) is 141 Å². The Bertz CT molecular complexity index is 4620. The molecule has 0 atom stereocenters. The number of esters is 1.